The third-order valence-electron chi connectivity index (χ3n) is 6.09. The number of anilines is 3. The fourth-order valence-corrected chi connectivity index (χ4v) is 4.03. The number of nitrogens with zero attached hydrogens (tertiary/aromatic N) is 4. The van der Waals surface area contributed by atoms with Gasteiger partial charge in [0.25, 0.3) is 5.91 Å². The van der Waals surface area contributed by atoms with Gasteiger partial charge in [0, 0.05) is 42.3 Å². The van der Waals surface area contributed by atoms with E-state index in [2.05, 4.69) is 36.9 Å². The first-order valence-electron chi connectivity index (χ1n) is 13.3. The highest BCUT2D eigenvalue weighted by atomic mass is 19.4. The first kappa shape index (κ1) is 31.3. The Morgan fingerprint density at radius 1 is 1.19 bits per heavy atom. The molecule has 1 aromatic carbocycles. The molecule has 0 saturated carbocycles. The number of carbonyl (C=O) groups excluding carboxylic acids is 2. The molecule has 2 aromatic heterocycles. The topological polar surface area (TPSA) is 120 Å². The van der Waals surface area contributed by atoms with Crippen LogP contribution in [-0.4, -0.2) is 71.6 Å². The second-order valence-electron chi connectivity index (χ2n) is 9.79. The lowest BCUT2D eigenvalue weighted by atomic mass is 10.0. The normalized spacial score (nSPS) is 13.3. The van der Waals surface area contributed by atoms with Gasteiger partial charge in [0.05, 0.1) is 25.1 Å². The predicted molar refractivity (Wildman–Crippen MR) is 153 cm³/mol. The Hall–Kier alpha value is -4.69. The lowest BCUT2D eigenvalue weighted by Gasteiger charge is -2.18. The van der Waals surface area contributed by atoms with Crippen LogP contribution in [0.25, 0.3) is 5.57 Å². The number of hydrogen-bond donors (Lipinski definition) is 2. The Kier molecular flexibility index (Phi) is 10.2. The van der Waals surface area contributed by atoms with Gasteiger partial charge in [-0.1, -0.05) is 18.7 Å². The summed E-state index contributed by atoms with van der Waals surface area (Å²) < 4.78 is 54.9. The van der Waals surface area contributed by atoms with Gasteiger partial charge in [-0.25, -0.2) is 9.78 Å². The molecule has 14 heteroatoms. The summed E-state index contributed by atoms with van der Waals surface area (Å²) in [5.41, 5.74) is 2.65. The van der Waals surface area contributed by atoms with Crippen molar-refractivity contribution in [1.29, 1.82) is 0 Å². The highest BCUT2D eigenvalue weighted by Crippen LogP contribution is 2.35. The van der Waals surface area contributed by atoms with Gasteiger partial charge in [-0.2, -0.15) is 18.3 Å². The molecule has 4 rings (SSSR count). The number of esters is 1. The number of rotatable bonds is 12. The summed E-state index contributed by atoms with van der Waals surface area (Å²) in [5, 5.41) is 9.97. The Bertz CT molecular complexity index is 1500. The van der Waals surface area contributed by atoms with Crippen molar-refractivity contribution in [2.24, 2.45) is 0 Å². The maximum atomic E-state index is 12.5. The molecule has 11 nitrogen and oxygen atoms in total. The van der Waals surface area contributed by atoms with E-state index in [1.54, 1.807) is 30.6 Å². The number of aryl methyl sites for hydroxylation is 1. The zero-order valence-corrected chi connectivity index (χ0v) is 23.6. The van der Waals surface area contributed by atoms with E-state index >= 15 is 0 Å². The second kappa shape index (κ2) is 14.0. The minimum absolute atomic E-state index is 0.174. The quantitative estimate of drug-likeness (QED) is 0.166. The summed E-state index contributed by atoms with van der Waals surface area (Å²) >= 11 is 0. The third-order valence-corrected chi connectivity index (χ3v) is 6.09. The molecule has 0 fully saturated rings. The number of carbonyl (C=O) groups is 2. The van der Waals surface area contributed by atoms with Crippen molar-refractivity contribution in [1.82, 2.24) is 19.7 Å². The molecule has 1 amide bonds. The molecule has 1 aliphatic rings. The molecule has 1 aliphatic heterocycles. The minimum atomic E-state index is -5.26. The Morgan fingerprint density at radius 3 is 2.72 bits per heavy atom. The van der Waals surface area contributed by atoms with Crippen LogP contribution in [0.15, 0.2) is 67.3 Å². The molecule has 0 radical (unpaired) electrons. The SMILES string of the molecule is C=C(OC(=O)C(F)(F)F)C(=O)Nc1cccc(Oc2cc(Nc3cnn(CCCN(C)C)c3)ncc2C2=CCOCC2)c1. The number of benzene rings is 1. The van der Waals surface area contributed by atoms with Crippen molar-refractivity contribution in [3.63, 3.8) is 0 Å². The number of hydrogen-bond acceptors (Lipinski definition) is 9. The van der Waals surface area contributed by atoms with Crippen molar-refractivity contribution in [2.45, 2.75) is 25.6 Å². The van der Waals surface area contributed by atoms with Gasteiger partial charge in [-0.3, -0.25) is 9.48 Å². The Morgan fingerprint density at radius 2 is 2.00 bits per heavy atom. The molecule has 0 bridgehead atoms. The van der Waals surface area contributed by atoms with E-state index in [1.165, 1.54) is 12.1 Å². The van der Waals surface area contributed by atoms with E-state index in [0.717, 1.165) is 36.3 Å². The van der Waals surface area contributed by atoms with Crippen LogP contribution in [0.4, 0.5) is 30.4 Å². The van der Waals surface area contributed by atoms with Crippen LogP contribution in [0.3, 0.4) is 0 Å². The molecule has 0 spiro atoms. The highest BCUT2D eigenvalue weighted by molar-refractivity contribution is 6.03. The van der Waals surface area contributed by atoms with E-state index in [1.807, 2.05) is 31.1 Å². The zero-order chi connectivity index (χ0) is 31.0. The summed E-state index contributed by atoms with van der Waals surface area (Å²) in [5.74, 6) is -3.38. The molecule has 228 valence electrons. The van der Waals surface area contributed by atoms with E-state index in [9.17, 15) is 22.8 Å². The van der Waals surface area contributed by atoms with Gasteiger partial charge in [-0.05, 0) is 51.2 Å². The molecule has 43 heavy (non-hydrogen) atoms. The van der Waals surface area contributed by atoms with Crippen molar-refractivity contribution in [3.8, 4) is 11.5 Å². The molecule has 0 atom stereocenters. The van der Waals surface area contributed by atoms with Gasteiger partial charge < -0.3 is 29.7 Å². The number of ether oxygens (including phenoxy) is 3. The summed E-state index contributed by atoms with van der Waals surface area (Å²) in [6, 6.07) is 7.90. The third kappa shape index (κ3) is 9.15. The largest absolute Gasteiger partial charge is 0.491 e. The predicted octanol–water partition coefficient (Wildman–Crippen LogP) is 5.13. The van der Waals surface area contributed by atoms with E-state index in [4.69, 9.17) is 9.47 Å². The van der Waals surface area contributed by atoms with Crippen molar-refractivity contribution >= 4 is 34.6 Å². The van der Waals surface area contributed by atoms with Crippen LogP contribution in [0.1, 0.15) is 18.4 Å². The molecule has 0 unspecified atom stereocenters. The molecular formula is C29H31F3N6O5. The van der Waals surface area contributed by atoms with E-state index in [-0.39, 0.29) is 5.69 Å². The van der Waals surface area contributed by atoms with Crippen LogP contribution in [0.2, 0.25) is 0 Å². The average Bonchev–Trinajstić information content (AvgIpc) is 3.40. The van der Waals surface area contributed by atoms with Crippen molar-refractivity contribution in [3.05, 3.63) is 72.9 Å². The van der Waals surface area contributed by atoms with Gasteiger partial charge >= 0.3 is 12.1 Å². The number of pyridine rings is 1. The summed E-state index contributed by atoms with van der Waals surface area (Å²) in [7, 11) is 4.04. The Labute approximate surface area is 245 Å². The number of amides is 1. The van der Waals surface area contributed by atoms with Crippen LogP contribution >= 0.6 is 0 Å². The molecular weight excluding hydrogens is 569 g/mol. The molecule has 0 aliphatic carbocycles. The number of aromatic nitrogens is 3. The van der Waals surface area contributed by atoms with E-state index < -0.39 is 23.8 Å². The molecule has 0 saturated heterocycles. The van der Waals surface area contributed by atoms with Gasteiger partial charge in [-0.15, -0.1) is 0 Å². The Balaban J connectivity index is 1.50. The minimum Gasteiger partial charge on any atom is -0.456 e. The maximum absolute atomic E-state index is 12.5. The second-order valence-corrected chi connectivity index (χ2v) is 9.79. The smallest absolute Gasteiger partial charge is 0.456 e. The van der Waals surface area contributed by atoms with E-state index in [0.29, 0.717) is 37.0 Å². The fourth-order valence-electron chi connectivity index (χ4n) is 4.03. The van der Waals surface area contributed by atoms with Gasteiger partial charge in [0.1, 0.15) is 17.3 Å². The van der Waals surface area contributed by atoms with Gasteiger partial charge in [0.15, 0.2) is 5.76 Å². The lowest BCUT2D eigenvalue weighted by molar-refractivity contribution is -0.195. The van der Waals surface area contributed by atoms with Crippen LogP contribution in [0.5, 0.6) is 11.5 Å². The number of alkyl halides is 3. The first-order chi connectivity index (χ1) is 20.5. The first-order valence-corrected chi connectivity index (χ1v) is 13.3. The number of nitrogens with one attached hydrogen (secondary N) is 2. The van der Waals surface area contributed by atoms with Crippen LogP contribution < -0.4 is 15.4 Å². The molecule has 2 N–H and O–H groups in total. The van der Waals surface area contributed by atoms with Gasteiger partial charge in [0.2, 0.25) is 0 Å². The maximum Gasteiger partial charge on any atom is 0.491 e. The standard InChI is InChI=1S/C29H31F3N6O5/c1-19(42-28(40)29(30,31)32)27(39)36-21-6-4-7-23(14-21)43-25-15-26(33-17-24(25)20-8-12-41-13-9-20)35-22-16-34-38(18-22)11-5-10-37(2)3/h4,6-8,14-18H,1,5,9-13H2,2-3H3,(H,33,35)(H,36,39). The zero-order valence-electron chi connectivity index (χ0n) is 23.6. The van der Waals surface area contributed by atoms with Crippen LogP contribution in [0, 0.1) is 0 Å². The number of halogens is 3. The summed E-state index contributed by atoms with van der Waals surface area (Å²) in [6.45, 7) is 5.80. The fraction of sp³-hybridized carbons (Fsp3) is 0.310. The summed E-state index contributed by atoms with van der Waals surface area (Å²) in [6.07, 6.45) is 3.57. The average molecular weight is 601 g/mol. The lowest BCUT2D eigenvalue weighted by Crippen LogP contribution is -2.28. The summed E-state index contributed by atoms with van der Waals surface area (Å²) in [4.78, 5) is 30.0. The van der Waals surface area contributed by atoms with Crippen molar-refractivity contribution < 1.29 is 37.0 Å². The highest BCUT2D eigenvalue weighted by Gasteiger charge is 2.42. The monoisotopic (exact) mass is 600 g/mol. The molecule has 3 aromatic rings. The van der Waals surface area contributed by atoms with Crippen LogP contribution in [-0.2, 0) is 25.6 Å². The van der Waals surface area contributed by atoms with Crippen molar-refractivity contribution in [2.75, 3.05) is 44.5 Å². The molecule has 3 heterocycles.